The third-order valence-electron chi connectivity index (χ3n) is 3.16. The van der Waals surface area contributed by atoms with Crippen LogP contribution in [0.2, 0.25) is 0 Å². The van der Waals surface area contributed by atoms with E-state index in [4.69, 9.17) is 0 Å². The van der Waals surface area contributed by atoms with Gasteiger partial charge in [-0.05, 0) is 48.0 Å². The van der Waals surface area contributed by atoms with E-state index in [1.54, 1.807) is 31.3 Å². The van der Waals surface area contributed by atoms with Gasteiger partial charge in [0.15, 0.2) is 5.78 Å². The summed E-state index contributed by atoms with van der Waals surface area (Å²) in [5, 5.41) is 14.2. The lowest BCUT2D eigenvalue weighted by atomic mass is 10.1. The molecule has 0 spiro atoms. The Morgan fingerprint density at radius 2 is 2.00 bits per heavy atom. The van der Waals surface area contributed by atoms with Crippen molar-refractivity contribution in [1.82, 2.24) is 20.2 Å². The first-order chi connectivity index (χ1) is 11.0. The van der Waals surface area contributed by atoms with Crippen molar-refractivity contribution in [2.75, 3.05) is 5.32 Å². The summed E-state index contributed by atoms with van der Waals surface area (Å²) in [5.41, 5.74) is 1.28. The summed E-state index contributed by atoms with van der Waals surface area (Å²) in [7, 11) is 1.73. The van der Waals surface area contributed by atoms with Crippen molar-refractivity contribution in [3.63, 3.8) is 0 Å². The zero-order chi connectivity index (χ0) is 16.8. The van der Waals surface area contributed by atoms with Gasteiger partial charge in [0.05, 0.1) is 5.25 Å². The van der Waals surface area contributed by atoms with Crippen LogP contribution in [0.5, 0.6) is 0 Å². The molecule has 1 atom stereocenters. The van der Waals surface area contributed by atoms with Gasteiger partial charge in [0.25, 0.3) is 0 Å². The molecule has 122 valence electrons. The summed E-state index contributed by atoms with van der Waals surface area (Å²) in [5.74, 6) is -0.0327. The van der Waals surface area contributed by atoms with Gasteiger partial charge in [-0.2, -0.15) is 0 Å². The Kier molecular flexibility index (Phi) is 5.86. The standard InChI is InChI=1S/C15H19N5O2S/c1-4-5-13(21)16-12-8-6-11(7-9-12)14(22)10(2)23-15-17-18-19-20(15)3/h6-10H,4-5H2,1-3H3,(H,16,21). The fraction of sp³-hybridized carbons (Fsp3) is 0.400. The number of aromatic nitrogens is 4. The highest BCUT2D eigenvalue weighted by atomic mass is 32.2. The van der Waals surface area contributed by atoms with E-state index in [2.05, 4.69) is 20.8 Å². The number of aryl methyl sites for hydroxylation is 1. The number of nitrogens with one attached hydrogen (secondary N) is 1. The normalized spacial score (nSPS) is 12.0. The molecule has 1 aromatic carbocycles. The lowest BCUT2D eigenvalue weighted by Crippen LogP contribution is -2.15. The molecule has 0 saturated carbocycles. The van der Waals surface area contributed by atoms with E-state index in [1.165, 1.54) is 16.4 Å². The number of tetrazole rings is 1. The number of carbonyl (C=O) groups is 2. The minimum atomic E-state index is -0.305. The van der Waals surface area contributed by atoms with E-state index in [1.807, 2.05) is 13.8 Å². The highest BCUT2D eigenvalue weighted by Crippen LogP contribution is 2.23. The van der Waals surface area contributed by atoms with Gasteiger partial charge in [0, 0.05) is 24.7 Å². The van der Waals surface area contributed by atoms with E-state index < -0.39 is 0 Å². The van der Waals surface area contributed by atoms with Crippen LogP contribution in [0, 0.1) is 0 Å². The fourth-order valence-corrected chi connectivity index (χ4v) is 2.77. The van der Waals surface area contributed by atoms with Crippen molar-refractivity contribution < 1.29 is 9.59 Å². The Balaban J connectivity index is 1.99. The van der Waals surface area contributed by atoms with Gasteiger partial charge in [0.2, 0.25) is 11.1 Å². The molecule has 0 fully saturated rings. The Labute approximate surface area is 138 Å². The predicted molar refractivity (Wildman–Crippen MR) is 88.4 cm³/mol. The summed E-state index contributed by atoms with van der Waals surface area (Å²) < 4.78 is 1.53. The van der Waals surface area contributed by atoms with E-state index in [-0.39, 0.29) is 16.9 Å². The SMILES string of the molecule is CCCC(=O)Nc1ccc(C(=O)C(C)Sc2nnnn2C)cc1. The molecule has 2 rings (SSSR count). The third-order valence-corrected chi connectivity index (χ3v) is 4.29. The number of amides is 1. The summed E-state index contributed by atoms with van der Waals surface area (Å²) in [6.45, 7) is 3.77. The van der Waals surface area contributed by atoms with Crippen molar-refractivity contribution >= 4 is 29.1 Å². The minimum Gasteiger partial charge on any atom is -0.326 e. The van der Waals surface area contributed by atoms with Crippen molar-refractivity contribution in [3.05, 3.63) is 29.8 Å². The van der Waals surface area contributed by atoms with Crippen molar-refractivity contribution in [1.29, 1.82) is 0 Å². The molecule has 0 saturated heterocycles. The van der Waals surface area contributed by atoms with Crippen LogP contribution in [-0.4, -0.2) is 37.1 Å². The van der Waals surface area contributed by atoms with Crippen LogP contribution in [-0.2, 0) is 11.8 Å². The predicted octanol–water partition coefficient (Wildman–Crippen LogP) is 2.31. The second-order valence-electron chi connectivity index (χ2n) is 5.08. The van der Waals surface area contributed by atoms with Crippen molar-refractivity contribution in [2.24, 2.45) is 7.05 Å². The lowest BCUT2D eigenvalue weighted by Gasteiger charge is -2.10. The van der Waals surface area contributed by atoms with Crippen LogP contribution in [0.4, 0.5) is 5.69 Å². The van der Waals surface area contributed by atoms with Gasteiger partial charge in [-0.1, -0.05) is 18.7 Å². The average Bonchev–Trinajstić information content (AvgIpc) is 2.92. The summed E-state index contributed by atoms with van der Waals surface area (Å²) in [4.78, 5) is 24.0. The molecule has 2 aromatic rings. The van der Waals surface area contributed by atoms with Gasteiger partial charge >= 0.3 is 0 Å². The number of hydrogen-bond acceptors (Lipinski definition) is 6. The Bertz CT molecular complexity index is 683. The first-order valence-electron chi connectivity index (χ1n) is 7.34. The largest absolute Gasteiger partial charge is 0.326 e. The van der Waals surface area contributed by atoms with Crippen LogP contribution in [0.1, 0.15) is 37.0 Å². The zero-order valence-electron chi connectivity index (χ0n) is 13.3. The Morgan fingerprint density at radius 3 is 2.57 bits per heavy atom. The average molecular weight is 333 g/mol. The molecule has 1 unspecified atom stereocenters. The molecule has 0 aliphatic rings. The number of benzene rings is 1. The number of anilines is 1. The molecule has 1 heterocycles. The molecule has 1 amide bonds. The zero-order valence-corrected chi connectivity index (χ0v) is 14.1. The molecule has 8 heteroatoms. The molecule has 1 aromatic heterocycles. The van der Waals surface area contributed by atoms with Gasteiger partial charge in [0.1, 0.15) is 0 Å². The Hall–Kier alpha value is -2.22. The molecule has 0 aliphatic heterocycles. The summed E-state index contributed by atoms with van der Waals surface area (Å²) in [6, 6.07) is 6.91. The topological polar surface area (TPSA) is 89.8 Å². The fourth-order valence-electron chi connectivity index (χ4n) is 1.94. The van der Waals surface area contributed by atoms with Crippen LogP contribution < -0.4 is 5.32 Å². The van der Waals surface area contributed by atoms with E-state index >= 15 is 0 Å². The number of carbonyl (C=O) groups excluding carboxylic acids is 2. The van der Waals surface area contributed by atoms with Crippen LogP contribution in [0.3, 0.4) is 0 Å². The smallest absolute Gasteiger partial charge is 0.224 e. The molecule has 23 heavy (non-hydrogen) atoms. The number of Topliss-reactive ketones (excluding diaryl/α,β-unsaturated/α-hetero) is 1. The quantitative estimate of drug-likeness (QED) is 0.618. The highest BCUT2D eigenvalue weighted by Gasteiger charge is 2.19. The number of ketones is 1. The second kappa shape index (κ2) is 7.87. The van der Waals surface area contributed by atoms with Crippen molar-refractivity contribution in [3.8, 4) is 0 Å². The first kappa shape index (κ1) is 17.1. The van der Waals surface area contributed by atoms with E-state index in [9.17, 15) is 9.59 Å². The maximum Gasteiger partial charge on any atom is 0.224 e. The number of nitrogens with zero attached hydrogens (tertiary/aromatic N) is 4. The molecule has 7 nitrogen and oxygen atoms in total. The molecular formula is C15H19N5O2S. The van der Waals surface area contributed by atoms with Gasteiger partial charge < -0.3 is 5.32 Å². The van der Waals surface area contributed by atoms with Gasteiger partial charge in [-0.25, -0.2) is 4.68 Å². The second-order valence-corrected chi connectivity index (χ2v) is 6.39. The van der Waals surface area contributed by atoms with Crippen molar-refractivity contribution in [2.45, 2.75) is 37.1 Å². The van der Waals surface area contributed by atoms with Gasteiger partial charge in [-0.15, -0.1) is 5.10 Å². The maximum atomic E-state index is 12.4. The van der Waals surface area contributed by atoms with Crippen LogP contribution in [0.15, 0.2) is 29.4 Å². The monoisotopic (exact) mass is 333 g/mol. The summed E-state index contributed by atoms with van der Waals surface area (Å²) in [6.07, 6.45) is 1.29. The molecule has 1 N–H and O–H groups in total. The third kappa shape index (κ3) is 4.62. The van der Waals surface area contributed by atoms with Gasteiger partial charge in [-0.3, -0.25) is 9.59 Å². The molecular weight excluding hydrogens is 314 g/mol. The Morgan fingerprint density at radius 1 is 1.30 bits per heavy atom. The highest BCUT2D eigenvalue weighted by molar-refractivity contribution is 8.00. The van der Waals surface area contributed by atoms with Crippen LogP contribution in [0.25, 0.3) is 0 Å². The number of thioether (sulfide) groups is 1. The van der Waals surface area contributed by atoms with Crippen LogP contribution >= 0.6 is 11.8 Å². The van der Waals surface area contributed by atoms with E-state index in [0.717, 1.165) is 6.42 Å². The maximum absolute atomic E-state index is 12.4. The summed E-state index contributed by atoms with van der Waals surface area (Å²) >= 11 is 1.31. The van der Waals surface area contributed by atoms with E-state index in [0.29, 0.717) is 22.8 Å². The molecule has 0 bridgehead atoms. The lowest BCUT2D eigenvalue weighted by molar-refractivity contribution is -0.116. The number of hydrogen-bond donors (Lipinski definition) is 1. The molecule has 0 radical (unpaired) electrons. The first-order valence-corrected chi connectivity index (χ1v) is 8.22. The molecule has 0 aliphatic carbocycles. The number of rotatable bonds is 7. The minimum absolute atomic E-state index is 0.00978.